The summed E-state index contributed by atoms with van der Waals surface area (Å²) < 4.78 is 1.74. The highest BCUT2D eigenvalue weighted by atomic mass is 32.2. The lowest BCUT2D eigenvalue weighted by molar-refractivity contribution is -0.148. The Kier molecular flexibility index (Phi) is 5.35. The number of benzene rings is 2. The Balaban J connectivity index is 1.98. The normalized spacial score (nSPS) is 13.4. The van der Waals surface area contributed by atoms with Crippen molar-refractivity contribution < 1.29 is 19.8 Å². The largest absolute Gasteiger partial charge is 0.481 e. The van der Waals surface area contributed by atoms with Crippen LogP contribution in [0.25, 0.3) is 10.2 Å². The molecule has 0 amide bonds. The first kappa shape index (κ1) is 17.4. The molecule has 5 nitrogen and oxygen atoms in total. The van der Waals surface area contributed by atoms with Crippen LogP contribution in [0.15, 0.2) is 58.9 Å². The van der Waals surface area contributed by atoms with Crippen LogP contribution in [-0.4, -0.2) is 27.1 Å². The fraction of sp³-hybridized carbons (Fsp3) is 0.167. The topological polar surface area (TPSA) is 87.5 Å². The molecular weight excluding hydrogens is 358 g/mol. The lowest BCUT2D eigenvalue weighted by Crippen LogP contribution is -2.23. The Hall–Kier alpha value is -2.38. The van der Waals surface area contributed by atoms with E-state index in [1.165, 1.54) is 23.1 Å². The molecule has 128 valence electrons. The Labute approximate surface area is 152 Å². The van der Waals surface area contributed by atoms with E-state index < -0.39 is 29.5 Å². The number of thiazole rings is 1. The van der Waals surface area contributed by atoms with Gasteiger partial charge in [-0.25, -0.2) is 4.98 Å². The molecule has 0 aliphatic rings. The van der Waals surface area contributed by atoms with Gasteiger partial charge in [-0.05, 0) is 17.7 Å². The summed E-state index contributed by atoms with van der Waals surface area (Å²) in [5.74, 6) is -3.29. The summed E-state index contributed by atoms with van der Waals surface area (Å²) in [7, 11) is 0. The number of hydrogen-bond acceptors (Lipinski definition) is 5. The van der Waals surface area contributed by atoms with Gasteiger partial charge >= 0.3 is 11.9 Å². The fourth-order valence-corrected chi connectivity index (χ4v) is 5.06. The smallest absolute Gasteiger partial charge is 0.308 e. The molecule has 0 spiro atoms. The van der Waals surface area contributed by atoms with Crippen LogP contribution in [-0.2, 0) is 9.59 Å². The molecule has 0 bridgehead atoms. The van der Waals surface area contributed by atoms with E-state index in [0.717, 1.165) is 20.1 Å². The van der Waals surface area contributed by atoms with Crippen LogP contribution in [0.4, 0.5) is 0 Å². The van der Waals surface area contributed by atoms with Crippen molar-refractivity contribution in [2.24, 2.45) is 5.92 Å². The fourth-order valence-electron chi connectivity index (χ4n) is 2.55. The Morgan fingerprint density at radius 1 is 1.04 bits per heavy atom. The van der Waals surface area contributed by atoms with Gasteiger partial charge in [-0.1, -0.05) is 54.2 Å². The van der Waals surface area contributed by atoms with Gasteiger partial charge in [0.05, 0.1) is 27.8 Å². The average molecular weight is 373 g/mol. The SMILES string of the molecule is O=C(O)CC(C(=O)O)C(Sc1nc2ccccc2s1)c1ccccc1. The van der Waals surface area contributed by atoms with Crippen LogP contribution in [0.3, 0.4) is 0 Å². The molecule has 2 atom stereocenters. The molecule has 0 aliphatic heterocycles. The van der Waals surface area contributed by atoms with E-state index in [4.69, 9.17) is 5.11 Å². The number of carbonyl (C=O) groups is 2. The molecule has 7 heteroatoms. The van der Waals surface area contributed by atoms with Crippen molar-refractivity contribution in [3.8, 4) is 0 Å². The number of fused-ring (bicyclic) bond motifs is 1. The van der Waals surface area contributed by atoms with Crippen molar-refractivity contribution in [3.63, 3.8) is 0 Å². The molecule has 0 aliphatic carbocycles. The van der Waals surface area contributed by atoms with Gasteiger partial charge in [0.2, 0.25) is 0 Å². The molecule has 25 heavy (non-hydrogen) atoms. The molecule has 0 saturated carbocycles. The first-order chi connectivity index (χ1) is 12.0. The van der Waals surface area contributed by atoms with Crippen LogP contribution in [0.2, 0.25) is 0 Å². The molecule has 2 unspecified atom stereocenters. The van der Waals surface area contributed by atoms with Crippen LogP contribution in [0.1, 0.15) is 17.2 Å². The quantitative estimate of drug-likeness (QED) is 0.600. The molecular formula is C18H15NO4S2. The van der Waals surface area contributed by atoms with Crippen molar-refractivity contribution in [1.82, 2.24) is 4.98 Å². The second-order valence-electron chi connectivity index (χ2n) is 5.44. The van der Waals surface area contributed by atoms with Crippen LogP contribution >= 0.6 is 23.1 Å². The van der Waals surface area contributed by atoms with Crippen LogP contribution in [0.5, 0.6) is 0 Å². The van der Waals surface area contributed by atoms with E-state index in [1.807, 2.05) is 54.6 Å². The number of nitrogens with zero attached hydrogens (tertiary/aromatic N) is 1. The molecule has 0 saturated heterocycles. The van der Waals surface area contributed by atoms with Crippen molar-refractivity contribution in [2.75, 3.05) is 0 Å². The molecule has 3 aromatic rings. The van der Waals surface area contributed by atoms with Crippen molar-refractivity contribution in [2.45, 2.75) is 16.0 Å². The minimum atomic E-state index is -1.13. The number of para-hydroxylation sites is 1. The highest BCUT2D eigenvalue weighted by Gasteiger charge is 2.33. The van der Waals surface area contributed by atoms with Gasteiger partial charge < -0.3 is 10.2 Å². The van der Waals surface area contributed by atoms with Gasteiger partial charge in [0.25, 0.3) is 0 Å². The average Bonchev–Trinajstić information content (AvgIpc) is 3.01. The van der Waals surface area contributed by atoms with Crippen molar-refractivity contribution >= 4 is 45.3 Å². The maximum absolute atomic E-state index is 11.7. The number of aromatic nitrogens is 1. The Bertz CT molecular complexity index is 861. The zero-order valence-electron chi connectivity index (χ0n) is 13.0. The highest BCUT2D eigenvalue weighted by molar-refractivity contribution is 8.01. The lowest BCUT2D eigenvalue weighted by atomic mass is 9.95. The third kappa shape index (κ3) is 4.18. The summed E-state index contributed by atoms with van der Waals surface area (Å²) in [4.78, 5) is 27.4. The third-order valence-corrected chi connectivity index (χ3v) is 6.22. The van der Waals surface area contributed by atoms with E-state index in [1.54, 1.807) is 0 Å². The van der Waals surface area contributed by atoms with E-state index in [0.29, 0.717) is 0 Å². The van der Waals surface area contributed by atoms with E-state index in [-0.39, 0.29) is 0 Å². The van der Waals surface area contributed by atoms with Gasteiger partial charge in [-0.2, -0.15) is 0 Å². The summed E-state index contributed by atoms with van der Waals surface area (Å²) in [6.07, 6.45) is -0.438. The van der Waals surface area contributed by atoms with Crippen LogP contribution in [0, 0.1) is 5.92 Å². The van der Waals surface area contributed by atoms with E-state index >= 15 is 0 Å². The lowest BCUT2D eigenvalue weighted by Gasteiger charge is -2.21. The number of carboxylic acid groups (broad SMARTS) is 2. The highest BCUT2D eigenvalue weighted by Crippen LogP contribution is 2.44. The third-order valence-electron chi connectivity index (χ3n) is 3.71. The predicted molar refractivity (Wildman–Crippen MR) is 98.0 cm³/mol. The maximum atomic E-state index is 11.7. The number of hydrogen-bond donors (Lipinski definition) is 2. The van der Waals surface area contributed by atoms with Crippen LogP contribution < -0.4 is 0 Å². The first-order valence-corrected chi connectivity index (χ1v) is 9.26. The summed E-state index contributed by atoms with van der Waals surface area (Å²) in [6.45, 7) is 0. The molecule has 2 N–H and O–H groups in total. The minimum absolute atomic E-state index is 0.438. The second kappa shape index (κ2) is 7.67. The molecule has 3 rings (SSSR count). The molecule has 2 aromatic carbocycles. The maximum Gasteiger partial charge on any atom is 0.308 e. The Morgan fingerprint density at radius 3 is 2.36 bits per heavy atom. The van der Waals surface area contributed by atoms with E-state index in [9.17, 15) is 14.7 Å². The van der Waals surface area contributed by atoms with Gasteiger partial charge in [-0.15, -0.1) is 11.3 Å². The van der Waals surface area contributed by atoms with Gasteiger partial charge in [0, 0.05) is 0 Å². The number of carboxylic acids is 2. The Morgan fingerprint density at radius 2 is 1.72 bits per heavy atom. The van der Waals surface area contributed by atoms with Gasteiger partial charge in [0.1, 0.15) is 0 Å². The predicted octanol–water partition coefficient (Wildman–Crippen LogP) is 4.31. The monoisotopic (exact) mass is 373 g/mol. The van der Waals surface area contributed by atoms with E-state index in [2.05, 4.69) is 4.98 Å². The molecule has 0 radical (unpaired) electrons. The number of rotatable bonds is 7. The van der Waals surface area contributed by atoms with Crippen molar-refractivity contribution in [1.29, 1.82) is 0 Å². The summed E-state index contributed by atoms with van der Waals surface area (Å²) in [5, 5.41) is 18.2. The second-order valence-corrected chi connectivity index (χ2v) is 7.86. The number of aliphatic carboxylic acids is 2. The molecule has 0 fully saturated rings. The summed E-state index contributed by atoms with van der Waals surface area (Å²) in [5.41, 5.74) is 1.63. The van der Waals surface area contributed by atoms with Crippen molar-refractivity contribution in [3.05, 3.63) is 60.2 Å². The zero-order valence-corrected chi connectivity index (χ0v) is 14.7. The standard InChI is InChI=1S/C18H15NO4S2/c20-15(21)10-12(17(22)23)16(11-6-2-1-3-7-11)25-18-19-13-8-4-5-9-14(13)24-18/h1-9,12,16H,10H2,(H,20,21)(H,22,23). The van der Waals surface area contributed by atoms with Gasteiger partial charge in [0.15, 0.2) is 4.34 Å². The summed E-state index contributed by atoms with van der Waals surface area (Å²) in [6, 6.07) is 16.8. The van der Waals surface area contributed by atoms with Gasteiger partial charge in [-0.3, -0.25) is 9.59 Å². The molecule has 1 heterocycles. The number of thioether (sulfide) groups is 1. The zero-order chi connectivity index (χ0) is 17.8. The first-order valence-electron chi connectivity index (χ1n) is 7.56. The summed E-state index contributed by atoms with van der Waals surface area (Å²) >= 11 is 2.79. The minimum Gasteiger partial charge on any atom is -0.481 e. The molecule has 1 aromatic heterocycles.